The van der Waals surface area contributed by atoms with Gasteiger partial charge in [0, 0.05) is 6.42 Å². The molecule has 0 spiro atoms. The number of hydrogen-bond acceptors (Lipinski definition) is 3. The lowest BCUT2D eigenvalue weighted by Gasteiger charge is -2.38. The number of Topliss-reactive ketones (excluding diaryl/α,β-unsaturated/α-hetero) is 1. The first-order valence-electron chi connectivity index (χ1n) is 6.39. The summed E-state index contributed by atoms with van der Waals surface area (Å²) in [6.07, 6.45) is 7.72. The van der Waals surface area contributed by atoms with Crippen LogP contribution in [-0.4, -0.2) is 18.9 Å². The van der Waals surface area contributed by atoms with Gasteiger partial charge >= 0.3 is 5.97 Å². The highest BCUT2D eigenvalue weighted by Gasteiger charge is 2.51. The topological polar surface area (TPSA) is 43.4 Å². The molecule has 1 saturated carbocycles. The molecular formula is C14H22O3. The molecule has 1 aliphatic carbocycles. The van der Waals surface area contributed by atoms with Gasteiger partial charge in [0.05, 0.1) is 7.11 Å². The summed E-state index contributed by atoms with van der Waals surface area (Å²) in [7, 11) is 1.36. The van der Waals surface area contributed by atoms with Crippen molar-refractivity contribution in [1.29, 1.82) is 0 Å². The number of esters is 1. The van der Waals surface area contributed by atoms with E-state index >= 15 is 0 Å². The smallest absolute Gasteiger partial charge is 0.323 e. The van der Waals surface area contributed by atoms with Gasteiger partial charge in [0.15, 0.2) is 5.78 Å². The summed E-state index contributed by atoms with van der Waals surface area (Å²) < 4.78 is 4.88. The van der Waals surface area contributed by atoms with E-state index in [-0.39, 0.29) is 11.7 Å². The third-order valence-corrected chi connectivity index (χ3v) is 3.65. The van der Waals surface area contributed by atoms with Crippen LogP contribution in [0.15, 0.2) is 12.2 Å². The molecule has 2 atom stereocenters. The Balaban J connectivity index is 3.17. The molecule has 0 heterocycles. The standard InChI is InChI=1S/C14H22O3/c1-4-7-11-8-6-9-12(15)14(11,10-5-2)13(16)17-3/h5,10-11H,4,6-9H2,1-3H3/b10-5+/t11-,14-/m0/s1. The highest BCUT2D eigenvalue weighted by molar-refractivity contribution is 6.06. The van der Waals surface area contributed by atoms with E-state index in [9.17, 15) is 9.59 Å². The van der Waals surface area contributed by atoms with E-state index in [4.69, 9.17) is 4.74 Å². The second kappa shape index (κ2) is 5.99. The Morgan fingerprint density at radius 3 is 2.82 bits per heavy atom. The maximum absolute atomic E-state index is 12.2. The number of allylic oxidation sites excluding steroid dienone is 1. The Bertz CT molecular complexity index is 307. The SMILES string of the molecule is C/C=C/[C@@]1(C(=O)OC)C(=O)CCC[C@@H]1CCC. The number of carbonyl (C=O) groups is 2. The van der Waals surface area contributed by atoms with Crippen molar-refractivity contribution in [2.45, 2.75) is 46.0 Å². The van der Waals surface area contributed by atoms with Crippen LogP contribution >= 0.6 is 0 Å². The monoisotopic (exact) mass is 238 g/mol. The van der Waals surface area contributed by atoms with E-state index < -0.39 is 11.4 Å². The zero-order valence-electron chi connectivity index (χ0n) is 11.0. The molecule has 96 valence electrons. The summed E-state index contributed by atoms with van der Waals surface area (Å²) >= 11 is 0. The van der Waals surface area contributed by atoms with Crippen molar-refractivity contribution in [2.24, 2.45) is 11.3 Å². The summed E-state index contributed by atoms with van der Waals surface area (Å²) in [6.45, 7) is 3.92. The van der Waals surface area contributed by atoms with Crippen molar-refractivity contribution in [3.63, 3.8) is 0 Å². The van der Waals surface area contributed by atoms with E-state index in [0.717, 1.165) is 25.7 Å². The van der Waals surface area contributed by atoms with Crippen molar-refractivity contribution in [3.05, 3.63) is 12.2 Å². The molecule has 0 radical (unpaired) electrons. The van der Waals surface area contributed by atoms with E-state index in [1.165, 1.54) is 7.11 Å². The van der Waals surface area contributed by atoms with Crippen LogP contribution in [0.1, 0.15) is 46.0 Å². The number of ether oxygens (including phenoxy) is 1. The van der Waals surface area contributed by atoms with Crippen LogP contribution in [0, 0.1) is 11.3 Å². The number of methoxy groups -OCH3 is 1. The molecule has 1 aliphatic rings. The van der Waals surface area contributed by atoms with Gasteiger partial charge in [-0.05, 0) is 32.1 Å². The average molecular weight is 238 g/mol. The van der Waals surface area contributed by atoms with Crippen LogP contribution in [0.25, 0.3) is 0 Å². The van der Waals surface area contributed by atoms with Crippen LogP contribution in [-0.2, 0) is 14.3 Å². The molecular weight excluding hydrogens is 216 g/mol. The molecule has 3 heteroatoms. The molecule has 1 fully saturated rings. The van der Waals surface area contributed by atoms with E-state index in [2.05, 4.69) is 6.92 Å². The fourth-order valence-corrected chi connectivity index (χ4v) is 2.90. The largest absolute Gasteiger partial charge is 0.468 e. The lowest BCUT2D eigenvalue weighted by molar-refractivity contribution is -0.160. The third kappa shape index (κ3) is 2.43. The van der Waals surface area contributed by atoms with Crippen molar-refractivity contribution < 1.29 is 14.3 Å². The van der Waals surface area contributed by atoms with Crippen molar-refractivity contribution in [2.75, 3.05) is 7.11 Å². The average Bonchev–Trinajstić information content (AvgIpc) is 2.33. The van der Waals surface area contributed by atoms with Crippen LogP contribution in [0.3, 0.4) is 0 Å². The predicted molar refractivity (Wildman–Crippen MR) is 66.5 cm³/mol. The van der Waals surface area contributed by atoms with E-state index in [0.29, 0.717) is 6.42 Å². The minimum Gasteiger partial charge on any atom is -0.468 e. The van der Waals surface area contributed by atoms with Gasteiger partial charge < -0.3 is 4.74 Å². The fraction of sp³-hybridized carbons (Fsp3) is 0.714. The summed E-state index contributed by atoms with van der Waals surface area (Å²) in [6, 6.07) is 0. The summed E-state index contributed by atoms with van der Waals surface area (Å²) in [5.41, 5.74) is -1.02. The molecule has 0 amide bonds. The highest BCUT2D eigenvalue weighted by Crippen LogP contribution is 2.43. The lowest BCUT2D eigenvalue weighted by atomic mass is 9.63. The fourth-order valence-electron chi connectivity index (χ4n) is 2.90. The first-order valence-corrected chi connectivity index (χ1v) is 6.39. The molecule has 3 nitrogen and oxygen atoms in total. The number of carbonyl (C=O) groups excluding carboxylic acids is 2. The quantitative estimate of drug-likeness (QED) is 0.429. The molecule has 0 N–H and O–H groups in total. The van der Waals surface area contributed by atoms with Gasteiger partial charge in [0.2, 0.25) is 0 Å². The highest BCUT2D eigenvalue weighted by atomic mass is 16.5. The molecule has 17 heavy (non-hydrogen) atoms. The van der Waals surface area contributed by atoms with Crippen LogP contribution in [0.5, 0.6) is 0 Å². The minimum atomic E-state index is -1.02. The molecule has 0 unspecified atom stereocenters. The molecule has 0 aromatic rings. The maximum Gasteiger partial charge on any atom is 0.323 e. The van der Waals surface area contributed by atoms with Gasteiger partial charge in [-0.1, -0.05) is 25.5 Å². The van der Waals surface area contributed by atoms with Gasteiger partial charge in [-0.15, -0.1) is 0 Å². The van der Waals surface area contributed by atoms with Gasteiger partial charge in [-0.25, -0.2) is 0 Å². The summed E-state index contributed by atoms with van der Waals surface area (Å²) in [5.74, 6) is -0.275. The molecule has 0 aromatic heterocycles. The van der Waals surface area contributed by atoms with Crippen molar-refractivity contribution in [1.82, 2.24) is 0 Å². The number of rotatable bonds is 4. The van der Waals surface area contributed by atoms with E-state index in [1.54, 1.807) is 12.2 Å². The zero-order chi connectivity index (χ0) is 12.9. The first-order chi connectivity index (χ1) is 8.13. The minimum absolute atomic E-state index is 0.0205. The van der Waals surface area contributed by atoms with Gasteiger partial charge in [-0.2, -0.15) is 0 Å². The maximum atomic E-state index is 12.2. The van der Waals surface area contributed by atoms with Crippen molar-refractivity contribution >= 4 is 11.8 Å². The second-order valence-corrected chi connectivity index (χ2v) is 4.66. The Kier molecular flexibility index (Phi) is 4.91. The van der Waals surface area contributed by atoms with Gasteiger partial charge in [0.25, 0.3) is 0 Å². The second-order valence-electron chi connectivity index (χ2n) is 4.66. The Hall–Kier alpha value is -1.12. The lowest BCUT2D eigenvalue weighted by Crippen LogP contribution is -2.47. The van der Waals surface area contributed by atoms with Crippen LogP contribution in [0.2, 0.25) is 0 Å². The Morgan fingerprint density at radius 1 is 1.59 bits per heavy atom. The van der Waals surface area contributed by atoms with Gasteiger partial charge in [-0.3, -0.25) is 9.59 Å². The van der Waals surface area contributed by atoms with Gasteiger partial charge in [0.1, 0.15) is 5.41 Å². The molecule has 1 rings (SSSR count). The van der Waals surface area contributed by atoms with Crippen molar-refractivity contribution in [3.8, 4) is 0 Å². The molecule has 0 aliphatic heterocycles. The predicted octanol–water partition coefficient (Wildman–Crippen LogP) is 2.89. The Labute approximate surface area is 103 Å². The first kappa shape index (κ1) is 13.9. The zero-order valence-corrected chi connectivity index (χ0v) is 11.0. The molecule has 0 bridgehead atoms. The Morgan fingerprint density at radius 2 is 2.29 bits per heavy atom. The normalized spacial score (nSPS) is 29.6. The number of ketones is 1. The molecule has 0 aromatic carbocycles. The summed E-state index contributed by atoms with van der Waals surface area (Å²) in [4.78, 5) is 24.3. The summed E-state index contributed by atoms with van der Waals surface area (Å²) in [5, 5.41) is 0. The van der Waals surface area contributed by atoms with E-state index in [1.807, 2.05) is 6.92 Å². The molecule has 0 saturated heterocycles. The number of hydrogen-bond donors (Lipinski definition) is 0. The van der Waals surface area contributed by atoms with Crippen LogP contribution < -0.4 is 0 Å². The van der Waals surface area contributed by atoms with Crippen LogP contribution in [0.4, 0.5) is 0 Å². The third-order valence-electron chi connectivity index (χ3n) is 3.65.